The van der Waals surface area contributed by atoms with Gasteiger partial charge in [0.05, 0.1) is 31.5 Å². The number of rotatable bonds is 2. The highest BCUT2D eigenvalue weighted by atomic mass is 16.6. The summed E-state index contributed by atoms with van der Waals surface area (Å²) in [6, 6.07) is 5.24. The third-order valence-corrected chi connectivity index (χ3v) is 3.26. The SMILES string of the molecule is NC(c1ccc2c(c1)NC(=O)CO2)C1COCCO1. The standard InChI is InChI=1S/C13H16N2O4/c14-13(11-6-17-3-4-18-11)8-1-2-10-9(5-8)15-12(16)7-19-10/h1-2,5,11,13H,3-4,6-7,14H2,(H,15,16). The molecule has 0 spiro atoms. The van der Waals surface area contributed by atoms with Crippen molar-refractivity contribution in [1.29, 1.82) is 0 Å². The van der Waals surface area contributed by atoms with Gasteiger partial charge in [0.2, 0.25) is 0 Å². The summed E-state index contributed by atoms with van der Waals surface area (Å²) in [5.74, 6) is 0.506. The minimum Gasteiger partial charge on any atom is -0.482 e. The number of carbonyl (C=O) groups is 1. The van der Waals surface area contributed by atoms with Crippen LogP contribution in [0.4, 0.5) is 5.69 Å². The Kier molecular flexibility index (Phi) is 3.37. The second-order valence-electron chi connectivity index (χ2n) is 4.60. The Morgan fingerprint density at radius 1 is 1.37 bits per heavy atom. The maximum atomic E-state index is 11.3. The van der Waals surface area contributed by atoms with Crippen LogP contribution in [0.1, 0.15) is 11.6 Å². The number of fused-ring (bicyclic) bond motifs is 1. The van der Waals surface area contributed by atoms with E-state index in [0.29, 0.717) is 31.3 Å². The van der Waals surface area contributed by atoms with Crippen molar-refractivity contribution < 1.29 is 19.0 Å². The van der Waals surface area contributed by atoms with Gasteiger partial charge in [0.1, 0.15) is 11.9 Å². The maximum Gasteiger partial charge on any atom is 0.262 e. The maximum absolute atomic E-state index is 11.3. The van der Waals surface area contributed by atoms with Gasteiger partial charge in [-0.15, -0.1) is 0 Å². The molecule has 2 aliphatic rings. The third kappa shape index (κ3) is 2.56. The van der Waals surface area contributed by atoms with Gasteiger partial charge in [0.25, 0.3) is 5.91 Å². The lowest BCUT2D eigenvalue weighted by atomic mass is 10.0. The van der Waals surface area contributed by atoms with Crippen molar-refractivity contribution in [3.05, 3.63) is 23.8 Å². The lowest BCUT2D eigenvalue weighted by Gasteiger charge is -2.29. The number of hydrogen-bond acceptors (Lipinski definition) is 5. The predicted octanol–water partition coefficient (Wildman–Crippen LogP) is 0.433. The first-order valence-electron chi connectivity index (χ1n) is 6.25. The molecule has 0 aliphatic carbocycles. The smallest absolute Gasteiger partial charge is 0.262 e. The molecule has 1 aromatic rings. The molecule has 2 aliphatic heterocycles. The van der Waals surface area contributed by atoms with Gasteiger partial charge in [-0.05, 0) is 17.7 Å². The molecule has 1 fully saturated rings. The van der Waals surface area contributed by atoms with Gasteiger partial charge in [-0.1, -0.05) is 6.07 Å². The van der Waals surface area contributed by atoms with Crippen molar-refractivity contribution in [3.63, 3.8) is 0 Å². The molecule has 2 atom stereocenters. The summed E-state index contributed by atoms with van der Waals surface area (Å²) >= 11 is 0. The number of carbonyl (C=O) groups excluding carboxylic acids is 1. The van der Waals surface area contributed by atoms with Crippen molar-refractivity contribution >= 4 is 11.6 Å². The molecule has 0 saturated carbocycles. The lowest BCUT2D eigenvalue weighted by Crippen LogP contribution is -2.37. The third-order valence-electron chi connectivity index (χ3n) is 3.26. The Balaban J connectivity index is 1.80. The Bertz CT molecular complexity index is 486. The fourth-order valence-electron chi connectivity index (χ4n) is 2.24. The molecule has 3 N–H and O–H groups in total. The molecule has 2 unspecified atom stereocenters. The van der Waals surface area contributed by atoms with E-state index in [-0.39, 0.29) is 24.7 Å². The van der Waals surface area contributed by atoms with Gasteiger partial charge < -0.3 is 25.3 Å². The molecule has 1 aromatic carbocycles. The van der Waals surface area contributed by atoms with E-state index in [0.717, 1.165) is 5.56 Å². The number of hydrogen-bond donors (Lipinski definition) is 2. The van der Waals surface area contributed by atoms with Crippen molar-refractivity contribution in [1.82, 2.24) is 0 Å². The number of ether oxygens (including phenoxy) is 3. The van der Waals surface area contributed by atoms with Crippen LogP contribution in [0.2, 0.25) is 0 Å². The molecule has 6 nitrogen and oxygen atoms in total. The van der Waals surface area contributed by atoms with Crippen molar-refractivity contribution in [2.45, 2.75) is 12.1 Å². The zero-order valence-electron chi connectivity index (χ0n) is 10.4. The van der Waals surface area contributed by atoms with E-state index in [1.165, 1.54) is 0 Å². The highest BCUT2D eigenvalue weighted by Crippen LogP contribution is 2.31. The average Bonchev–Trinajstić information content (AvgIpc) is 2.46. The Hall–Kier alpha value is -1.63. The van der Waals surface area contributed by atoms with Gasteiger partial charge in [-0.2, -0.15) is 0 Å². The molecular weight excluding hydrogens is 248 g/mol. The molecule has 0 radical (unpaired) electrons. The van der Waals surface area contributed by atoms with Gasteiger partial charge in [0, 0.05) is 0 Å². The first-order valence-corrected chi connectivity index (χ1v) is 6.25. The molecule has 102 valence electrons. The van der Waals surface area contributed by atoms with Crippen LogP contribution in [-0.4, -0.2) is 38.4 Å². The van der Waals surface area contributed by atoms with Crippen LogP contribution >= 0.6 is 0 Å². The molecule has 3 rings (SSSR count). The first kappa shape index (κ1) is 12.4. The van der Waals surface area contributed by atoms with Crippen LogP contribution in [0.25, 0.3) is 0 Å². The van der Waals surface area contributed by atoms with E-state index >= 15 is 0 Å². The van der Waals surface area contributed by atoms with Gasteiger partial charge in [-0.3, -0.25) is 4.79 Å². The summed E-state index contributed by atoms with van der Waals surface area (Å²) in [4.78, 5) is 11.3. The number of nitrogens with one attached hydrogen (secondary N) is 1. The number of benzene rings is 1. The molecule has 6 heteroatoms. The van der Waals surface area contributed by atoms with E-state index in [4.69, 9.17) is 19.9 Å². The zero-order valence-corrected chi connectivity index (χ0v) is 10.4. The van der Waals surface area contributed by atoms with Crippen LogP contribution in [0.3, 0.4) is 0 Å². The largest absolute Gasteiger partial charge is 0.482 e. The van der Waals surface area contributed by atoms with Crippen LogP contribution in [0.15, 0.2) is 18.2 Å². The Labute approximate surface area is 110 Å². The predicted molar refractivity (Wildman–Crippen MR) is 68.1 cm³/mol. The summed E-state index contributed by atoms with van der Waals surface area (Å²) in [6.45, 7) is 1.71. The monoisotopic (exact) mass is 264 g/mol. The second kappa shape index (κ2) is 5.16. The summed E-state index contributed by atoms with van der Waals surface area (Å²) < 4.78 is 16.3. The minimum absolute atomic E-state index is 0.0535. The van der Waals surface area contributed by atoms with Gasteiger partial charge in [0.15, 0.2) is 6.61 Å². The molecular formula is C13H16N2O4. The van der Waals surface area contributed by atoms with Gasteiger partial charge in [-0.25, -0.2) is 0 Å². The highest BCUT2D eigenvalue weighted by Gasteiger charge is 2.25. The van der Waals surface area contributed by atoms with E-state index in [1.807, 2.05) is 18.2 Å². The molecule has 2 heterocycles. The lowest BCUT2D eigenvalue weighted by molar-refractivity contribution is -0.118. The number of amides is 1. The number of anilines is 1. The summed E-state index contributed by atoms with van der Waals surface area (Å²) in [7, 11) is 0. The van der Waals surface area contributed by atoms with Crippen LogP contribution < -0.4 is 15.8 Å². The molecule has 0 bridgehead atoms. The van der Waals surface area contributed by atoms with Crippen LogP contribution in [-0.2, 0) is 14.3 Å². The van der Waals surface area contributed by atoms with Crippen LogP contribution in [0.5, 0.6) is 5.75 Å². The van der Waals surface area contributed by atoms with Crippen molar-refractivity contribution in [2.24, 2.45) is 5.73 Å². The zero-order chi connectivity index (χ0) is 13.2. The summed E-state index contributed by atoms with van der Waals surface area (Å²) in [5.41, 5.74) is 7.72. The topological polar surface area (TPSA) is 82.8 Å². The van der Waals surface area contributed by atoms with Crippen molar-refractivity contribution in [2.75, 3.05) is 31.7 Å². The van der Waals surface area contributed by atoms with E-state index in [1.54, 1.807) is 0 Å². The van der Waals surface area contributed by atoms with Crippen LogP contribution in [0, 0.1) is 0 Å². The van der Waals surface area contributed by atoms with E-state index in [9.17, 15) is 4.79 Å². The highest BCUT2D eigenvalue weighted by molar-refractivity contribution is 5.95. The Morgan fingerprint density at radius 3 is 3.05 bits per heavy atom. The quantitative estimate of drug-likeness (QED) is 0.809. The molecule has 0 aromatic heterocycles. The molecule has 1 amide bonds. The van der Waals surface area contributed by atoms with E-state index < -0.39 is 0 Å². The fraction of sp³-hybridized carbons (Fsp3) is 0.462. The normalized spacial score (nSPS) is 24.1. The average molecular weight is 264 g/mol. The molecule has 19 heavy (non-hydrogen) atoms. The van der Waals surface area contributed by atoms with Gasteiger partial charge >= 0.3 is 0 Å². The minimum atomic E-state index is -0.288. The molecule has 1 saturated heterocycles. The van der Waals surface area contributed by atoms with E-state index in [2.05, 4.69) is 5.32 Å². The Morgan fingerprint density at radius 2 is 2.26 bits per heavy atom. The first-order chi connectivity index (χ1) is 9.24. The second-order valence-corrected chi connectivity index (χ2v) is 4.60. The summed E-state index contributed by atoms with van der Waals surface area (Å²) in [6.07, 6.45) is -0.160. The number of nitrogens with two attached hydrogens (primary N) is 1. The fourth-order valence-corrected chi connectivity index (χ4v) is 2.24. The summed E-state index contributed by atoms with van der Waals surface area (Å²) in [5, 5.41) is 2.77. The van der Waals surface area contributed by atoms with Crippen molar-refractivity contribution in [3.8, 4) is 5.75 Å².